The normalized spacial score (nSPS) is 15.4. The van der Waals surface area contributed by atoms with E-state index >= 15 is 0 Å². The van der Waals surface area contributed by atoms with Gasteiger partial charge in [0.15, 0.2) is 0 Å². The highest BCUT2D eigenvalue weighted by molar-refractivity contribution is 5.95. The van der Waals surface area contributed by atoms with Gasteiger partial charge in [-0.25, -0.2) is 0 Å². The summed E-state index contributed by atoms with van der Waals surface area (Å²) in [6.45, 7) is 4.81. The van der Waals surface area contributed by atoms with Gasteiger partial charge in [0, 0.05) is 42.3 Å². The van der Waals surface area contributed by atoms with E-state index in [4.69, 9.17) is 0 Å². The summed E-state index contributed by atoms with van der Waals surface area (Å²) in [7, 11) is 0. The fourth-order valence-electron chi connectivity index (χ4n) is 3.85. The minimum Gasteiger partial charge on any atom is -0.352 e. The van der Waals surface area contributed by atoms with Crippen LogP contribution < -0.4 is 5.32 Å². The highest BCUT2D eigenvalue weighted by atomic mass is 16.1. The highest BCUT2D eigenvalue weighted by Crippen LogP contribution is 2.32. The van der Waals surface area contributed by atoms with Crippen LogP contribution in [0.25, 0.3) is 0 Å². The Morgan fingerprint density at radius 3 is 2.75 bits per heavy atom. The van der Waals surface area contributed by atoms with Gasteiger partial charge in [-0.15, -0.1) is 0 Å². The van der Waals surface area contributed by atoms with Crippen LogP contribution in [0.15, 0.2) is 30.5 Å². The Morgan fingerprint density at radius 2 is 2.04 bits per heavy atom. The summed E-state index contributed by atoms with van der Waals surface area (Å²) >= 11 is 0. The van der Waals surface area contributed by atoms with Crippen LogP contribution in [-0.2, 0) is 6.42 Å². The van der Waals surface area contributed by atoms with Crippen molar-refractivity contribution in [1.29, 1.82) is 0 Å². The smallest absolute Gasteiger partial charge is 0.253 e. The van der Waals surface area contributed by atoms with Crippen LogP contribution in [0.4, 0.5) is 0 Å². The first kappa shape index (κ1) is 16.7. The lowest BCUT2D eigenvalue weighted by Crippen LogP contribution is -2.26. The van der Waals surface area contributed by atoms with Gasteiger partial charge in [-0.2, -0.15) is 0 Å². The molecule has 1 aliphatic carbocycles. The van der Waals surface area contributed by atoms with Crippen molar-refractivity contribution < 1.29 is 4.79 Å². The number of carbonyl (C=O) groups excluding carboxylic acids is 1. The molecule has 2 aromatic rings. The Labute approximate surface area is 144 Å². The lowest BCUT2D eigenvalue weighted by Gasteiger charge is -2.26. The summed E-state index contributed by atoms with van der Waals surface area (Å²) in [5.41, 5.74) is 4.13. The van der Waals surface area contributed by atoms with Crippen LogP contribution in [0.5, 0.6) is 0 Å². The summed E-state index contributed by atoms with van der Waals surface area (Å²) < 4.78 is 2.38. The Balaban J connectivity index is 1.64. The molecule has 0 radical (unpaired) electrons. The zero-order valence-electron chi connectivity index (χ0n) is 14.7. The Hall–Kier alpha value is -2.10. The second-order valence-corrected chi connectivity index (χ2v) is 6.77. The van der Waals surface area contributed by atoms with E-state index in [1.54, 1.807) is 6.20 Å². The number of aromatic nitrogens is 2. The first-order valence-electron chi connectivity index (χ1n) is 9.03. The van der Waals surface area contributed by atoms with Crippen molar-refractivity contribution in [3.8, 4) is 0 Å². The second kappa shape index (κ2) is 7.65. The quantitative estimate of drug-likeness (QED) is 0.904. The minimum absolute atomic E-state index is 0.0288. The van der Waals surface area contributed by atoms with E-state index < -0.39 is 0 Å². The van der Waals surface area contributed by atoms with Crippen LogP contribution in [0.3, 0.4) is 0 Å². The number of aryl methyl sites for hydroxylation is 1. The monoisotopic (exact) mass is 325 g/mol. The molecule has 1 aliphatic rings. The lowest BCUT2D eigenvalue weighted by atomic mass is 9.95. The molecule has 0 spiro atoms. The van der Waals surface area contributed by atoms with Gasteiger partial charge in [0.25, 0.3) is 5.91 Å². The fraction of sp³-hybridized carbons (Fsp3) is 0.500. The molecule has 0 bridgehead atoms. The molecule has 0 aliphatic heterocycles. The van der Waals surface area contributed by atoms with Gasteiger partial charge in [0.05, 0.1) is 5.56 Å². The Bertz CT molecular complexity index is 684. The third-order valence-corrected chi connectivity index (χ3v) is 5.06. The molecular weight excluding hydrogens is 298 g/mol. The minimum atomic E-state index is 0.0288. The molecule has 1 amide bonds. The first-order chi connectivity index (χ1) is 11.7. The van der Waals surface area contributed by atoms with Gasteiger partial charge in [0.1, 0.15) is 0 Å². The predicted molar refractivity (Wildman–Crippen MR) is 96.3 cm³/mol. The number of carbonyl (C=O) groups is 1. The van der Waals surface area contributed by atoms with E-state index in [0.717, 1.165) is 23.4 Å². The number of nitrogens with zero attached hydrogens (tertiary/aromatic N) is 2. The number of nitrogens with one attached hydrogen (secondary N) is 1. The van der Waals surface area contributed by atoms with Crippen LogP contribution in [0.1, 0.15) is 65.6 Å². The number of pyridine rings is 1. The predicted octanol–water partition coefficient (Wildman–Crippen LogP) is 3.98. The average molecular weight is 325 g/mol. The standard InChI is InChI=1S/C20H27N3O/c1-15-14-19(16(2)23(15)18-9-4-3-5-10-18)20(24)22-13-11-17-8-6-7-12-21-17/h6-8,12,14,18H,3-5,9-11,13H2,1-2H3,(H,22,24). The van der Waals surface area contributed by atoms with Crippen molar-refractivity contribution >= 4 is 5.91 Å². The average Bonchev–Trinajstić information content (AvgIpc) is 2.91. The van der Waals surface area contributed by atoms with Crippen molar-refractivity contribution in [2.75, 3.05) is 6.54 Å². The maximum Gasteiger partial charge on any atom is 0.253 e. The largest absolute Gasteiger partial charge is 0.352 e. The zero-order valence-corrected chi connectivity index (χ0v) is 14.7. The van der Waals surface area contributed by atoms with E-state index in [9.17, 15) is 4.79 Å². The molecule has 0 saturated heterocycles. The Morgan fingerprint density at radius 1 is 1.25 bits per heavy atom. The van der Waals surface area contributed by atoms with Gasteiger partial charge < -0.3 is 9.88 Å². The molecule has 2 aromatic heterocycles. The van der Waals surface area contributed by atoms with E-state index in [0.29, 0.717) is 12.6 Å². The fourth-order valence-corrected chi connectivity index (χ4v) is 3.85. The van der Waals surface area contributed by atoms with E-state index in [2.05, 4.69) is 28.7 Å². The number of hydrogen-bond acceptors (Lipinski definition) is 2. The second-order valence-electron chi connectivity index (χ2n) is 6.77. The third-order valence-electron chi connectivity index (χ3n) is 5.06. The van der Waals surface area contributed by atoms with Gasteiger partial charge in [-0.05, 0) is 44.9 Å². The molecule has 1 fully saturated rings. The molecule has 1 saturated carbocycles. The molecule has 4 heteroatoms. The highest BCUT2D eigenvalue weighted by Gasteiger charge is 2.22. The molecule has 2 heterocycles. The van der Waals surface area contributed by atoms with Crippen LogP contribution >= 0.6 is 0 Å². The van der Waals surface area contributed by atoms with Crippen LogP contribution in [-0.4, -0.2) is 22.0 Å². The molecule has 128 valence electrons. The summed E-state index contributed by atoms with van der Waals surface area (Å²) in [4.78, 5) is 16.8. The van der Waals surface area contributed by atoms with E-state index in [1.165, 1.54) is 37.8 Å². The number of amides is 1. The molecule has 24 heavy (non-hydrogen) atoms. The molecule has 3 rings (SSSR count). The Kier molecular flexibility index (Phi) is 5.34. The molecular formula is C20H27N3O. The number of rotatable bonds is 5. The van der Waals surface area contributed by atoms with Crippen molar-refractivity contribution in [3.05, 3.63) is 53.1 Å². The van der Waals surface area contributed by atoms with Crippen LogP contribution in [0, 0.1) is 13.8 Å². The van der Waals surface area contributed by atoms with Crippen molar-refractivity contribution in [1.82, 2.24) is 14.9 Å². The molecule has 4 nitrogen and oxygen atoms in total. The topological polar surface area (TPSA) is 46.9 Å². The van der Waals surface area contributed by atoms with Gasteiger partial charge in [-0.3, -0.25) is 9.78 Å². The summed E-state index contributed by atoms with van der Waals surface area (Å²) in [6, 6.07) is 8.47. The van der Waals surface area contributed by atoms with Gasteiger partial charge in [0.2, 0.25) is 0 Å². The summed E-state index contributed by atoms with van der Waals surface area (Å²) in [6.07, 6.45) is 8.95. The van der Waals surface area contributed by atoms with E-state index in [-0.39, 0.29) is 5.91 Å². The van der Waals surface area contributed by atoms with Crippen molar-refractivity contribution in [2.45, 2.75) is 58.4 Å². The van der Waals surface area contributed by atoms with Crippen LogP contribution in [0.2, 0.25) is 0 Å². The lowest BCUT2D eigenvalue weighted by molar-refractivity contribution is 0.0953. The maximum absolute atomic E-state index is 12.6. The molecule has 0 aromatic carbocycles. The van der Waals surface area contributed by atoms with Gasteiger partial charge >= 0.3 is 0 Å². The summed E-state index contributed by atoms with van der Waals surface area (Å²) in [5.74, 6) is 0.0288. The first-order valence-corrected chi connectivity index (χ1v) is 9.03. The van der Waals surface area contributed by atoms with Crippen molar-refractivity contribution in [3.63, 3.8) is 0 Å². The van der Waals surface area contributed by atoms with Gasteiger partial charge in [-0.1, -0.05) is 25.3 Å². The zero-order chi connectivity index (χ0) is 16.9. The molecule has 0 atom stereocenters. The third kappa shape index (κ3) is 3.69. The molecule has 0 unspecified atom stereocenters. The summed E-state index contributed by atoms with van der Waals surface area (Å²) in [5, 5.41) is 3.04. The number of hydrogen-bond donors (Lipinski definition) is 1. The molecule has 1 N–H and O–H groups in total. The SMILES string of the molecule is Cc1cc(C(=O)NCCc2ccccn2)c(C)n1C1CCCCC1. The van der Waals surface area contributed by atoms with Crippen molar-refractivity contribution in [2.24, 2.45) is 0 Å². The maximum atomic E-state index is 12.6. The van der Waals surface area contributed by atoms with E-state index in [1.807, 2.05) is 24.3 Å².